The highest BCUT2D eigenvalue weighted by atomic mass is 32.1. The molecule has 3 rings (SSSR count). The van der Waals surface area contributed by atoms with E-state index in [1.165, 1.54) is 29.5 Å². The van der Waals surface area contributed by atoms with Crippen molar-refractivity contribution in [1.82, 2.24) is 4.98 Å². The molecule has 0 amide bonds. The smallest absolute Gasteiger partial charge is 0.0713 e. The SMILES string of the molecule is Cc1cscc1-c1ccc(C2CC2)cn1. The lowest BCUT2D eigenvalue weighted by atomic mass is 10.1. The van der Waals surface area contributed by atoms with E-state index < -0.39 is 0 Å². The van der Waals surface area contributed by atoms with Crippen molar-refractivity contribution in [2.75, 3.05) is 0 Å². The molecule has 1 aliphatic carbocycles. The maximum atomic E-state index is 4.55. The molecular formula is C13H13NS. The third-order valence-electron chi connectivity index (χ3n) is 2.97. The van der Waals surface area contributed by atoms with E-state index in [2.05, 4.69) is 34.8 Å². The fraction of sp³-hybridized carbons (Fsp3) is 0.308. The Labute approximate surface area is 93.8 Å². The number of aromatic nitrogens is 1. The summed E-state index contributed by atoms with van der Waals surface area (Å²) >= 11 is 1.74. The van der Waals surface area contributed by atoms with Crippen LogP contribution in [-0.4, -0.2) is 4.98 Å². The Morgan fingerprint density at radius 3 is 2.67 bits per heavy atom. The molecule has 0 atom stereocenters. The summed E-state index contributed by atoms with van der Waals surface area (Å²) in [5, 5.41) is 4.35. The van der Waals surface area contributed by atoms with Gasteiger partial charge in [0.15, 0.2) is 0 Å². The molecule has 2 aromatic rings. The fourth-order valence-electron chi connectivity index (χ4n) is 1.85. The van der Waals surface area contributed by atoms with Crippen molar-refractivity contribution in [3.8, 4) is 11.3 Å². The molecule has 1 nitrogen and oxygen atoms in total. The molecule has 0 aliphatic heterocycles. The zero-order valence-corrected chi connectivity index (χ0v) is 9.55. The topological polar surface area (TPSA) is 12.9 Å². The Morgan fingerprint density at radius 1 is 1.27 bits per heavy atom. The summed E-state index contributed by atoms with van der Waals surface area (Å²) in [5.41, 5.74) is 5.12. The van der Waals surface area contributed by atoms with Crippen LogP contribution in [0.1, 0.15) is 29.9 Å². The van der Waals surface area contributed by atoms with Gasteiger partial charge < -0.3 is 0 Å². The molecule has 0 aromatic carbocycles. The van der Waals surface area contributed by atoms with E-state index in [0.29, 0.717) is 0 Å². The lowest BCUT2D eigenvalue weighted by molar-refractivity contribution is 1.09. The van der Waals surface area contributed by atoms with E-state index in [0.717, 1.165) is 11.6 Å². The minimum absolute atomic E-state index is 0.801. The van der Waals surface area contributed by atoms with Gasteiger partial charge >= 0.3 is 0 Å². The van der Waals surface area contributed by atoms with Gasteiger partial charge in [-0.15, -0.1) is 0 Å². The van der Waals surface area contributed by atoms with E-state index in [-0.39, 0.29) is 0 Å². The second-order valence-corrected chi connectivity index (χ2v) is 4.96. The first-order chi connectivity index (χ1) is 7.34. The molecule has 0 spiro atoms. The monoisotopic (exact) mass is 215 g/mol. The van der Waals surface area contributed by atoms with Gasteiger partial charge in [0.1, 0.15) is 0 Å². The van der Waals surface area contributed by atoms with Gasteiger partial charge in [-0.25, -0.2) is 0 Å². The van der Waals surface area contributed by atoms with Gasteiger partial charge in [0.2, 0.25) is 0 Å². The molecule has 0 bridgehead atoms. The normalized spacial score (nSPS) is 15.5. The second kappa shape index (κ2) is 3.46. The van der Waals surface area contributed by atoms with Crippen LogP contribution in [0.4, 0.5) is 0 Å². The predicted octanol–water partition coefficient (Wildman–Crippen LogP) is 4.00. The van der Waals surface area contributed by atoms with Crippen LogP contribution >= 0.6 is 11.3 Å². The van der Waals surface area contributed by atoms with Crippen molar-refractivity contribution < 1.29 is 0 Å². The van der Waals surface area contributed by atoms with Crippen molar-refractivity contribution in [2.45, 2.75) is 25.7 Å². The van der Waals surface area contributed by atoms with Gasteiger partial charge in [-0.1, -0.05) is 6.07 Å². The molecular weight excluding hydrogens is 202 g/mol. The molecule has 2 heteroatoms. The van der Waals surface area contributed by atoms with Crippen molar-refractivity contribution in [3.63, 3.8) is 0 Å². The average molecular weight is 215 g/mol. The van der Waals surface area contributed by atoms with Crippen molar-refractivity contribution in [2.24, 2.45) is 0 Å². The van der Waals surface area contributed by atoms with E-state index in [4.69, 9.17) is 0 Å². The number of hydrogen-bond donors (Lipinski definition) is 0. The van der Waals surface area contributed by atoms with Crippen LogP contribution in [0.2, 0.25) is 0 Å². The summed E-state index contributed by atoms with van der Waals surface area (Å²) in [6.07, 6.45) is 4.74. The zero-order chi connectivity index (χ0) is 10.3. The quantitative estimate of drug-likeness (QED) is 0.738. The maximum Gasteiger partial charge on any atom is 0.0713 e. The summed E-state index contributed by atoms with van der Waals surface area (Å²) in [6, 6.07) is 4.39. The molecule has 1 aliphatic rings. The number of aryl methyl sites for hydroxylation is 1. The first-order valence-electron chi connectivity index (χ1n) is 5.34. The lowest BCUT2D eigenvalue weighted by Gasteiger charge is -2.01. The van der Waals surface area contributed by atoms with Gasteiger partial charge in [-0.3, -0.25) is 4.98 Å². The van der Waals surface area contributed by atoms with Crippen LogP contribution in [-0.2, 0) is 0 Å². The summed E-state index contributed by atoms with van der Waals surface area (Å²) in [7, 11) is 0. The molecule has 1 fully saturated rings. The minimum atomic E-state index is 0.801. The number of rotatable bonds is 2. The predicted molar refractivity (Wildman–Crippen MR) is 64.3 cm³/mol. The molecule has 76 valence electrons. The van der Waals surface area contributed by atoms with Crippen molar-refractivity contribution in [1.29, 1.82) is 0 Å². The largest absolute Gasteiger partial charge is 0.256 e. The molecule has 15 heavy (non-hydrogen) atoms. The van der Waals surface area contributed by atoms with Crippen LogP contribution in [0.15, 0.2) is 29.1 Å². The Balaban J connectivity index is 1.96. The Hall–Kier alpha value is -1.15. The van der Waals surface area contributed by atoms with E-state index in [1.54, 1.807) is 11.3 Å². The highest BCUT2D eigenvalue weighted by Crippen LogP contribution is 2.40. The van der Waals surface area contributed by atoms with Crippen LogP contribution < -0.4 is 0 Å². The maximum absolute atomic E-state index is 4.55. The van der Waals surface area contributed by atoms with Crippen molar-refractivity contribution >= 4 is 11.3 Å². The summed E-state index contributed by atoms with van der Waals surface area (Å²) in [6.45, 7) is 2.14. The number of nitrogens with zero attached hydrogens (tertiary/aromatic N) is 1. The minimum Gasteiger partial charge on any atom is -0.256 e. The van der Waals surface area contributed by atoms with Crippen LogP contribution in [0, 0.1) is 6.92 Å². The van der Waals surface area contributed by atoms with Gasteiger partial charge in [0.05, 0.1) is 5.69 Å². The number of hydrogen-bond acceptors (Lipinski definition) is 2. The molecule has 2 aromatic heterocycles. The van der Waals surface area contributed by atoms with Crippen molar-refractivity contribution in [3.05, 3.63) is 40.2 Å². The van der Waals surface area contributed by atoms with Gasteiger partial charge in [-0.2, -0.15) is 11.3 Å². The number of pyridine rings is 1. The summed E-state index contributed by atoms with van der Waals surface area (Å²) < 4.78 is 0. The Bertz CT molecular complexity index is 466. The molecule has 1 saturated carbocycles. The molecule has 0 N–H and O–H groups in total. The van der Waals surface area contributed by atoms with E-state index in [1.807, 2.05) is 6.20 Å². The van der Waals surface area contributed by atoms with Crippen LogP contribution in [0.5, 0.6) is 0 Å². The van der Waals surface area contributed by atoms with Gasteiger partial charge in [0.25, 0.3) is 0 Å². The molecule has 2 heterocycles. The van der Waals surface area contributed by atoms with Crippen LogP contribution in [0.25, 0.3) is 11.3 Å². The Kier molecular flexibility index (Phi) is 2.10. The summed E-state index contributed by atoms with van der Waals surface area (Å²) in [5.74, 6) is 0.801. The van der Waals surface area contributed by atoms with Gasteiger partial charge in [0, 0.05) is 17.1 Å². The second-order valence-electron chi connectivity index (χ2n) is 4.22. The van der Waals surface area contributed by atoms with E-state index in [9.17, 15) is 0 Å². The highest BCUT2D eigenvalue weighted by Gasteiger charge is 2.23. The summed E-state index contributed by atoms with van der Waals surface area (Å²) in [4.78, 5) is 4.55. The van der Waals surface area contributed by atoms with E-state index >= 15 is 0 Å². The van der Waals surface area contributed by atoms with Crippen LogP contribution in [0.3, 0.4) is 0 Å². The average Bonchev–Trinajstić information content (AvgIpc) is 3.02. The Morgan fingerprint density at radius 2 is 2.13 bits per heavy atom. The molecule has 0 saturated heterocycles. The molecule has 0 unspecified atom stereocenters. The fourth-order valence-corrected chi connectivity index (χ4v) is 2.69. The zero-order valence-electron chi connectivity index (χ0n) is 8.73. The lowest BCUT2D eigenvalue weighted by Crippen LogP contribution is -1.86. The number of thiophene rings is 1. The third kappa shape index (κ3) is 1.70. The highest BCUT2D eigenvalue weighted by molar-refractivity contribution is 7.08. The van der Waals surface area contributed by atoms with Gasteiger partial charge in [-0.05, 0) is 48.3 Å². The standard InChI is InChI=1S/C13H13NS/c1-9-7-15-8-12(9)13-5-4-11(6-14-13)10-2-3-10/h4-8,10H,2-3H2,1H3. The first-order valence-corrected chi connectivity index (χ1v) is 6.28. The first kappa shape index (κ1) is 9.10. The third-order valence-corrected chi connectivity index (χ3v) is 3.83. The molecule has 0 radical (unpaired) electrons.